The van der Waals surface area contributed by atoms with Gasteiger partial charge in [-0.2, -0.15) is 0 Å². The maximum Gasteiger partial charge on any atom is 0.250 e. The summed E-state index contributed by atoms with van der Waals surface area (Å²) in [5.74, 6) is -0.950. The van der Waals surface area contributed by atoms with Crippen molar-refractivity contribution in [3.05, 3.63) is 53.5 Å². The largest absolute Gasteiger partial charge is 0.379 e. The molecule has 0 aliphatic carbocycles. The number of primary amides is 1. The van der Waals surface area contributed by atoms with Gasteiger partial charge in [0.15, 0.2) is 0 Å². The number of hydrogen-bond donors (Lipinski definition) is 2. The number of carbonyl (C=O) groups is 2. The summed E-state index contributed by atoms with van der Waals surface area (Å²) in [6.45, 7) is 6.68. The van der Waals surface area contributed by atoms with E-state index in [1.807, 2.05) is 17.1 Å². The Bertz CT molecular complexity index is 1270. The molecule has 0 unspecified atom stereocenters. The van der Waals surface area contributed by atoms with Crippen LogP contribution in [0.5, 0.6) is 0 Å². The number of rotatable bonds is 4. The van der Waals surface area contributed by atoms with Crippen molar-refractivity contribution in [2.75, 3.05) is 31.7 Å². The highest BCUT2D eigenvalue weighted by Crippen LogP contribution is 2.43. The van der Waals surface area contributed by atoms with Crippen molar-refractivity contribution in [1.29, 1.82) is 0 Å². The topological polar surface area (TPSA) is 89.6 Å². The number of benzene rings is 2. The van der Waals surface area contributed by atoms with Crippen molar-refractivity contribution in [2.24, 2.45) is 11.1 Å². The van der Waals surface area contributed by atoms with Gasteiger partial charge in [-0.1, -0.05) is 19.9 Å². The minimum Gasteiger partial charge on any atom is -0.379 e. The second kappa shape index (κ2) is 7.97. The summed E-state index contributed by atoms with van der Waals surface area (Å²) < 4.78 is 21.2. The van der Waals surface area contributed by atoms with E-state index in [1.54, 1.807) is 16.7 Å². The van der Waals surface area contributed by atoms with Crippen LogP contribution in [-0.2, 0) is 11.2 Å². The van der Waals surface area contributed by atoms with Gasteiger partial charge in [0.2, 0.25) is 5.91 Å². The van der Waals surface area contributed by atoms with E-state index < -0.39 is 5.91 Å². The van der Waals surface area contributed by atoms with Crippen molar-refractivity contribution >= 4 is 28.4 Å². The highest BCUT2D eigenvalue weighted by Gasteiger charge is 2.35. The van der Waals surface area contributed by atoms with Crippen LogP contribution in [0.1, 0.15) is 41.1 Å². The Balaban J connectivity index is 1.70. The fourth-order valence-corrected chi connectivity index (χ4v) is 4.95. The zero-order chi connectivity index (χ0) is 23.3. The van der Waals surface area contributed by atoms with Crippen LogP contribution in [0.15, 0.2) is 36.4 Å². The molecule has 3 aromatic rings. The lowest BCUT2D eigenvalue weighted by molar-refractivity contribution is 0.0496. The summed E-state index contributed by atoms with van der Waals surface area (Å²) in [6.07, 6.45) is 1.07. The standard InChI is InChI=1S/C25H27FN4O3/c1-25(2)13-21-23(18-6-4-16(26)12-20(18)30(21)22(31)14-25)15-3-5-17(24(27)32)19(11-15)28-29-7-9-33-10-8-29/h3-6,11-12,28H,7-10,13-14H2,1-2H3,(H2,27,32). The van der Waals surface area contributed by atoms with Gasteiger partial charge in [0.05, 0.1) is 30.0 Å². The lowest BCUT2D eigenvalue weighted by atomic mass is 9.80. The Morgan fingerprint density at radius 3 is 2.61 bits per heavy atom. The lowest BCUT2D eigenvalue weighted by Crippen LogP contribution is -2.40. The second-order valence-electron chi connectivity index (χ2n) is 9.57. The van der Waals surface area contributed by atoms with Crippen molar-refractivity contribution in [3.63, 3.8) is 0 Å². The number of halogens is 1. The average Bonchev–Trinajstić information content (AvgIpc) is 3.06. The fourth-order valence-electron chi connectivity index (χ4n) is 4.95. The van der Waals surface area contributed by atoms with Crippen LogP contribution in [0.3, 0.4) is 0 Å². The van der Waals surface area contributed by atoms with E-state index in [0.717, 1.165) is 22.2 Å². The predicted octanol–water partition coefficient (Wildman–Crippen LogP) is 3.82. The molecular weight excluding hydrogens is 423 g/mol. The van der Waals surface area contributed by atoms with E-state index in [-0.39, 0.29) is 17.1 Å². The third kappa shape index (κ3) is 3.89. The van der Waals surface area contributed by atoms with Gasteiger partial charge >= 0.3 is 0 Å². The average molecular weight is 451 g/mol. The highest BCUT2D eigenvalue weighted by atomic mass is 19.1. The highest BCUT2D eigenvalue weighted by molar-refractivity contribution is 6.06. The Hall–Kier alpha value is -3.23. The van der Waals surface area contributed by atoms with Crippen LogP contribution >= 0.6 is 0 Å². The molecule has 2 aromatic carbocycles. The molecule has 3 heterocycles. The van der Waals surface area contributed by atoms with Gasteiger partial charge in [0, 0.05) is 36.2 Å². The maximum atomic E-state index is 14.2. The van der Waals surface area contributed by atoms with E-state index in [9.17, 15) is 14.0 Å². The summed E-state index contributed by atoms with van der Waals surface area (Å²) in [5, 5.41) is 2.80. The quantitative estimate of drug-likeness (QED) is 0.631. The molecule has 2 aliphatic heterocycles. The van der Waals surface area contributed by atoms with E-state index >= 15 is 0 Å². The Morgan fingerprint density at radius 2 is 1.88 bits per heavy atom. The summed E-state index contributed by atoms with van der Waals surface area (Å²) in [6, 6.07) is 10.00. The Labute approximate surface area is 191 Å². The summed E-state index contributed by atoms with van der Waals surface area (Å²) in [5.41, 5.74) is 12.9. The van der Waals surface area contributed by atoms with Gasteiger partial charge in [-0.15, -0.1) is 0 Å². The number of morpholine rings is 1. The van der Waals surface area contributed by atoms with Crippen molar-refractivity contribution in [2.45, 2.75) is 26.7 Å². The number of anilines is 1. The first-order valence-electron chi connectivity index (χ1n) is 11.1. The monoisotopic (exact) mass is 450 g/mol. The number of hydrazine groups is 1. The van der Waals surface area contributed by atoms with Crippen LogP contribution in [0, 0.1) is 11.2 Å². The number of hydrogen-bond acceptors (Lipinski definition) is 5. The fraction of sp³-hybridized carbons (Fsp3) is 0.360. The number of nitrogens with one attached hydrogen (secondary N) is 1. The molecule has 0 atom stereocenters. The van der Waals surface area contributed by atoms with Crippen LogP contribution in [-0.4, -0.2) is 47.7 Å². The maximum absolute atomic E-state index is 14.2. The molecule has 7 nitrogen and oxygen atoms in total. The number of aromatic nitrogens is 1. The third-order valence-corrected chi connectivity index (χ3v) is 6.42. The molecule has 0 spiro atoms. The Kier molecular flexibility index (Phi) is 5.22. The summed E-state index contributed by atoms with van der Waals surface area (Å²) >= 11 is 0. The van der Waals surface area contributed by atoms with Crippen molar-refractivity contribution in [3.8, 4) is 11.1 Å². The zero-order valence-electron chi connectivity index (χ0n) is 18.8. The van der Waals surface area contributed by atoms with Crippen LogP contribution in [0.25, 0.3) is 22.0 Å². The van der Waals surface area contributed by atoms with Crippen LogP contribution in [0.2, 0.25) is 0 Å². The minimum atomic E-state index is -0.528. The molecule has 172 valence electrons. The van der Waals surface area contributed by atoms with Crippen LogP contribution in [0.4, 0.5) is 10.1 Å². The van der Waals surface area contributed by atoms with Gasteiger partial charge in [0.1, 0.15) is 5.82 Å². The number of carbonyl (C=O) groups excluding carboxylic acids is 2. The number of ether oxygens (including phenoxy) is 1. The molecule has 3 N–H and O–H groups in total. The molecule has 2 aliphatic rings. The smallest absolute Gasteiger partial charge is 0.250 e. The van der Waals surface area contributed by atoms with Gasteiger partial charge < -0.3 is 15.9 Å². The van der Waals surface area contributed by atoms with Gasteiger partial charge in [-0.25, -0.2) is 9.40 Å². The SMILES string of the molecule is CC1(C)CC(=O)n2c(c(-c3ccc(C(N)=O)c(NN4CCOCC4)c3)c3ccc(F)cc32)C1. The normalized spacial score (nSPS) is 18.3. The minimum absolute atomic E-state index is 0.0384. The molecule has 8 heteroatoms. The summed E-state index contributed by atoms with van der Waals surface area (Å²) in [7, 11) is 0. The molecule has 1 saturated heterocycles. The van der Waals surface area contributed by atoms with E-state index in [1.165, 1.54) is 12.1 Å². The van der Waals surface area contributed by atoms with Gasteiger partial charge in [0.25, 0.3) is 5.91 Å². The van der Waals surface area contributed by atoms with Gasteiger partial charge in [-0.3, -0.25) is 14.2 Å². The molecule has 1 amide bonds. The van der Waals surface area contributed by atoms with E-state index in [2.05, 4.69) is 19.3 Å². The summed E-state index contributed by atoms with van der Waals surface area (Å²) in [4.78, 5) is 25.2. The molecule has 5 rings (SSSR count). The molecule has 1 fully saturated rings. The number of fused-ring (bicyclic) bond motifs is 3. The van der Waals surface area contributed by atoms with Crippen LogP contribution < -0.4 is 11.2 Å². The predicted molar refractivity (Wildman–Crippen MR) is 125 cm³/mol. The molecule has 33 heavy (non-hydrogen) atoms. The van der Waals surface area contributed by atoms with E-state index in [4.69, 9.17) is 10.5 Å². The zero-order valence-corrected chi connectivity index (χ0v) is 18.8. The first kappa shape index (κ1) is 21.6. The van der Waals surface area contributed by atoms with Crippen molar-refractivity contribution in [1.82, 2.24) is 9.58 Å². The number of nitrogens with zero attached hydrogens (tertiary/aromatic N) is 2. The molecule has 0 bridgehead atoms. The Morgan fingerprint density at radius 1 is 1.12 bits per heavy atom. The third-order valence-electron chi connectivity index (χ3n) is 6.42. The molecule has 0 radical (unpaired) electrons. The first-order valence-corrected chi connectivity index (χ1v) is 11.1. The number of nitrogens with two attached hydrogens (primary N) is 1. The van der Waals surface area contributed by atoms with Crippen molar-refractivity contribution < 1.29 is 18.7 Å². The van der Waals surface area contributed by atoms with E-state index in [0.29, 0.717) is 55.9 Å². The lowest BCUT2D eigenvalue weighted by Gasteiger charge is -2.31. The number of amides is 1. The second-order valence-corrected chi connectivity index (χ2v) is 9.57. The molecule has 0 saturated carbocycles. The van der Waals surface area contributed by atoms with Gasteiger partial charge in [-0.05, 0) is 47.7 Å². The molecule has 1 aromatic heterocycles. The molecular formula is C25H27FN4O3. The first-order chi connectivity index (χ1) is 15.7.